The van der Waals surface area contributed by atoms with Crippen molar-refractivity contribution in [3.05, 3.63) is 11.8 Å². The van der Waals surface area contributed by atoms with Crippen molar-refractivity contribution in [1.82, 2.24) is 10.2 Å². The molecule has 5 heteroatoms. The Bertz CT molecular complexity index is 444. The Balaban J connectivity index is 1.56. The predicted octanol–water partition coefficient (Wildman–Crippen LogP) is 2.13. The lowest BCUT2D eigenvalue weighted by atomic mass is 9.79. The monoisotopic (exact) mass is 262 g/mol. The molecule has 0 spiro atoms. The molecular weight excluding hydrogens is 240 g/mol. The Hall–Kier alpha value is -1.36. The van der Waals surface area contributed by atoms with Gasteiger partial charge >= 0.3 is 0 Å². The first-order valence-corrected chi connectivity index (χ1v) is 7.34. The first-order chi connectivity index (χ1) is 9.22. The highest BCUT2D eigenvalue weighted by Crippen LogP contribution is 2.35. The first kappa shape index (κ1) is 12.7. The third kappa shape index (κ3) is 2.81. The number of nitrogens with one attached hydrogen (secondary N) is 2. The quantitative estimate of drug-likeness (QED) is 0.780. The Morgan fingerprint density at radius 1 is 1.32 bits per heavy atom. The van der Waals surface area contributed by atoms with Crippen molar-refractivity contribution in [3.8, 4) is 0 Å². The molecule has 0 radical (unpaired) electrons. The van der Waals surface area contributed by atoms with Crippen LogP contribution in [0.3, 0.4) is 0 Å². The van der Waals surface area contributed by atoms with Gasteiger partial charge in [-0.25, -0.2) is 0 Å². The number of nitrogens with zero attached hydrogens (tertiary/aromatic N) is 1. The summed E-state index contributed by atoms with van der Waals surface area (Å²) < 4.78 is 0. The van der Waals surface area contributed by atoms with Crippen molar-refractivity contribution in [1.29, 1.82) is 0 Å². The van der Waals surface area contributed by atoms with E-state index in [1.165, 1.54) is 19.3 Å². The number of amides is 1. The molecule has 0 aromatic carbocycles. The highest BCUT2D eigenvalue weighted by molar-refractivity contribution is 5.91. The molecule has 19 heavy (non-hydrogen) atoms. The Kier molecular flexibility index (Phi) is 3.55. The first-order valence-electron chi connectivity index (χ1n) is 7.34. The van der Waals surface area contributed by atoms with Gasteiger partial charge in [-0.15, -0.1) is 0 Å². The molecule has 2 aliphatic rings. The van der Waals surface area contributed by atoms with E-state index in [-0.39, 0.29) is 11.8 Å². The van der Waals surface area contributed by atoms with Crippen LogP contribution >= 0.6 is 0 Å². The molecule has 1 heterocycles. The van der Waals surface area contributed by atoms with Crippen LogP contribution in [0.25, 0.3) is 0 Å². The van der Waals surface area contributed by atoms with Gasteiger partial charge in [-0.05, 0) is 25.7 Å². The van der Waals surface area contributed by atoms with Crippen LogP contribution in [0.1, 0.15) is 56.6 Å². The minimum atomic E-state index is 0.139. The van der Waals surface area contributed by atoms with Crippen molar-refractivity contribution in [2.24, 2.45) is 11.7 Å². The summed E-state index contributed by atoms with van der Waals surface area (Å²) in [6.07, 6.45) is 7.65. The van der Waals surface area contributed by atoms with E-state index in [2.05, 4.69) is 15.5 Å². The number of carbonyl (C=O) groups excluding carboxylic acids is 1. The second kappa shape index (κ2) is 5.33. The Morgan fingerprint density at radius 3 is 2.74 bits per heavy atom. The third-order valence-corrected chi connectivity index (χ3v) is 4.42. The molecule has 0 atom stereocenters. The van der Waals surface area contributed by atoms with Crippen molar-refractivity contribution in [2.45, 2.75) is 56.9 Å². The van der Waals surface area contributed by atoms with Gasteiger partial charge in [-0.2, -0.15) is 5.10 Å². The number of rotatable bonds is 3. The van der Waals surface area contributed by atoms with Gasteiger partial charge in [0.2, 0.25) is 5.91 Å². The Labute approximate surface area is 113 Å². The van der Waals surface area contributed by atoms with Gasteiger partial charge in [0.25, 0.3) is 0 Å². The number of aromatic nitrogens is 2. The van der Waals surface area contributed by atoms with Crippen LogP contribution < -0.4 is 11.1 Å². The van der Waals surface area contributed by atoms with E-state index in [0.717, 1.165) is 37.2 Å². The van der Waals surface area contributed by atoms with Crippen molar-refractivity contribution < 1.29 is 4.79 Å². The maximum atomic E-state index is 12.1. The van der Waals surface area contributed by atoms with Crippen LogP contribution in [0, 0.1) is 5.92 Å². The maximum Gasteiger partial charge on any atom is 0.228 e. The molecule has 0 bridgehead atoms. The van der Waals surface area contributed by atoms with Gasteiger partial charge in [0.15, 0.2) is 0 Å². The summed E-state index contributed by atoms with van der Waals surface area (Å²) in [5.74, 6) is 1.51. The van der Waals surface area contributed by atoms with Gasteiger partial charge in [0, 0.05) is 23.9 Å². The third-order valence-electron chi connectivity index (χ3n) is 4.42. The number of anilines is 1. The topological polar surface area (TPSA) is 83.8 Å². The van der Waals surface area contributed by atoms with E-state index in [1.54, 1.807) is 0 Å². The maximum absolute atomic E-state index is 12.1. The summed E-state index contributed by atoms with van der Waals surface area (Å²) in [5, 5.41) is 10.2. The van der Waals surface area contributed by atoms with Gasteiger partial charge in [0.05, 0.1) is 5.69 Å². The van der Waals surface area contributed by atoms with Crippen molar-refractivity contribution in [3.63, 3.8) is 0 Å². The molecule has 1 aromatic rings. The second-order valence-electron chi connectivity index (χ2n) is 5.96. The molecule has 3 rings (SSSR count). The standard InChI is InChI=1S/C14H22N4O/c15-11-6-10(7-11)12-8-13(18-17-12)16-14(19)9-4-2-1-3-5-9/h8-11H,1-7,15H2,(H2,16,17,18,19)/t10-,11+. The van der Waals surface area contributed by atoms with E-state index in [4.69, 9.17) is 5.73 Å². The number of hydrogen-bond acceptors (Lipinski definition) is 3. The fourth-order valence-corrected chi connectivity index (χ4v) is 3.11. The van der Waals surface area contributed by atoms with Crippen LogP contribution in [0.2, 0.25) is 0 Å². The van der Waals surface area contributed by atoms with Crippen LogP contribution in [0.5, 0.6) is 0 Å². The molecular formula is C14H22N4O. The fraction of sp³-hybridized carbons (Fsp3) is 0.714. The highest BCUT2D eigenvalue weighted by atomic mass is 16.1. The summed E-state index contributed by atoms with van der Waals surface area (Å²) in [5.41, 5.74) is 6.81. The number of nitrogens with two attached hydrogens (primary N) is 1. The molecule has 104 valence electrons. The van der Waals surface area contributed by atoms with Gasteiger partial charge < -0.3 is 11.1 Å². The van der Waals surface area contributed by atoms with Gasteiger partial charge in [-0.1, -0.05) is 19.3 Å². The largest absolute Gasteiger partial charge is 0.328 e. The highest BCUT2D eigenvalue weighted by Gasteiger charge is 2.29. The lowest BCUT2D eigenvalue weighted by molar-refractivity contribution is -0.120. The molecule has 1 amide bonds. The van der Waals surface area contributed by atoms with Crippen LogP contribution in [0.15, 0.2) is 6.07 Å². The van der Waals surface area contributed by atoms with Crippen LogP contribution in [0.4, 0.5) is 5.82 Å². The zero-order chi connectivity index (χ0) is 13.2. The number of H-pyrrole nitrogens is 1. The average molecular weight is 262 g/mol. The van der Waals surface area contributed by atoms with E-state index >= 15 is 0 Å². The summed E-state index contributed by atoms with van der Waals surface area (Å²) in [6.45, 7) is 0. The molecule has 0 saturated heterocycles. The van der Waals surface area contributed by atoms with E-state index in [0.29, 0.717) is 12.0 Å². The lowest BCUT2D eigenvalue weighted by Gasteiger charge is -2.30. The molecule has 4 N–H and O–H groups in total. The molecule has 0 aliphatic heterocycles. The zero-order valence-corrected chi connectivity index (χ0v) is 11.2. The van der Waals surface area contributed by atoms with E-state index in [9.17, 15) is 4.79 Å². The Morgan fingerprint density at radius 2 is 2.05 bits per heavy atom. The summed E-state index contributed by atoms with van der Waals surface area (Å²) >= 11 is 0. The molecule has 1 aromatic heterocycles. The van der Waals surface area contributed by atoms with Crippen molar-refractivity contribution >= 4 is 11.7 Å². The number of carbonyl (C=O) groups is 1. The molecule has 2 fully saturated rings. The number of hydrogen-bond donors (Lipinski definition) is 3. The summed E-state index contributed by atoms with van der Waals surface area (Å²) in [7, 11) is 0. The predicted molar refractivity (Wildman–Crippen MR) is 73.7 cm³/mol. The van der Waals surface area contributed by atoms with Gasteiger partial charge in [0.1, 0.15) is 5.82 Å². The fourth-order valence-electron chi connectivity index (χ4n) is 3.11. The van der Waals surface area contributed by atoms with Crippen molar-refractivity contribution in [2.75, 3.05) is 5.32 Å². The SMILES string of the molecule is N[C@H]1C[C@@H](c2cc(NC(=O)C3CCCCC3)[nH]n2)C1. The molecule has 5 nitrogen and oxygen atoms in total. The summed E-state index contributed by atoms with van der Waals surface area (Å²) in [6, 6.07) is 2.28. The lowest BCUT2D eigenvalue weighted by Crippen LogP contribution is -2.34. The second-order valence-corrected chi connectivity index (χ2v) is 5.96. The van der Waals surface area contributed by atoms with Gasteiger partial charge in [-0.3, -0.25) is 9.89 Å². The smallest absolute Gasteiger partial charge is 0.228 e. The molecule has 0 unspecified atom stereocenters. The number of aromatic amines is 1. The normalized spacial score (nSPS) is 27.8. The summed E-state index contributed by atoms with van der Waals surface area (Å²) in [4.78, 5) is 12.1. The molecule has 2 aliphatic carbocycles. The minimum absolute atomic E-state index is 0.139. The van der Waals surface area contributed by atoms with Crippen LogP contribution in [-0.2, 0) is 4.79 Å². The molecule has 2 saturated carbocycles. The van der Waals surface area contributed by atoms with Crippen LogP contribution in [-0.4, -0.2) is 22.1 Å². The van der Waals surface area contributed by atoms with E-state index < -0.39 is 0 Å². The van der Waals surface area contributed by atoms with E-state index in [1.807, 2.05) is 6.07 Å². The zero-order valence-electron chi connectivity index (χ0n) is 11.2. The average Bonchev–Trinajstić information content (AvgIpc) is 2.84. The minimum Gasteiger partial charge on any atom is -0.328 e.